The van der Waals surface area contributed by atoms with Crippen LogP contribution in [0.25, 0.3) is 11.1 Å². The number of carbonyl (C=O) groups is 2. The summed E-state index contributed by atoms with van der Waals surface area (Å²) in [5.74, 6) is 0.541. The molecule has 1 aromatic carbocycles. The average molecular weight is 330 g/mol. The van der Waals surface area contributed by atoms with Gasteiger partial charge in [-0.05, 0) is 24.6 Å². The first kappa shape index (κ1) is 16.3. The van der Waals surface area contributed by atoms with Crippen LogP contribution in [0.4, 0.5) is 4.79 Å². The normalized spacial score (nSPS) is 14.2. The molecule has 0 atom stereocenters. The van der Waals surface area contributed by atoms with Gasteiger partial charge in [0.2, 0.25) is 0 Å². The van der Waals surface area contributed by atoms with Crippen LogP contribution in [0.5, 0.6) is 0 Å². The minimum absolute atomic E-state index is 0.0760. The molecular formula is C17H22N4O3. The quantitative estimate of drug-likeness (QED) is 0.812. The zero-order chi connectivity index (χ0) is 16.9. The lowest BCUT2D eigenvalue weighted by molar-refractivity contribution is 0.0950. The topological polar surface area (TPSA) is 87.5 Å². The minimum atomic E-state index is -0.172. The SMILES string of the molecule is CCCCc1nc2cc(C(=O)NCCN3CCNC3=O)ccc2o1. The number of aryl methyl sites for hydroxylation is 1. The number of nitrogens with one attached hydrogen (secondary N) is 2. The highest BCUT2D eigenvalue weighted by Gasteiger charge is 2.19. The van der Waals surface area contributed by atoms with Gasteiger partial charge in [-0.15, -0.1) is 0 Å². The van der Waals surface area contributed by atoms with Crippen molar-refractivity contribution in [2.45, 2.75) is 26.2 Å². The Labute approximate surface area is 140 Å². The van der Waals surface area contributed by atoms with E-state index in [1.54, 1.807) is 23.1 Å². The van der Waals surface area contributed by atoms with E-state index in [1.165, 1.54) is 0 Å². The molecule has 128 valence electrons. The highest BCUT2D eigenvalue weighted by Crippen LogP contribution is 2.18. The van der Waals surface area contributed by atoms with Crippen molar-refractivity contribution in [3.05, 3.63) is 29.7 Å². The first-order valence-electron chi connectivity index (χ1n) is 8.38. The number of unbranched alkanes of at least 4 members (excludes halogenated alkanes) is 1. The van der Waals surface area contributed by atoms with Crippen molar-refractivity contribution in [3.8, 4) is 0 Å². The molecule has 3 rings (SSSR count). The number of benzene rings is 1. The van der Waals surface area contributed by atoms with Crippen molar-refractivity contribution >= 4 is 23.0 Å². The summed E-state index contributed by atoms with van der Waals surface area (Å²) in [7, 11) is 0. The van der Waals surface area contributed by atoms with Gasteiger partial charge in [0, 0.05) is 38.2 Å². The fourth-order valence-electron chi connectivity index (χ4n) is 2.68. The van der Waals surface area contributed by atoms with Crippen molar-refractivity contribution in [3.63, 3.8) is 0 Å². The summed E-state index contributed by atoms with van der Waals surface area (Å²) in [6, 6.07) is 5.18. The van der Waals surface area contributed by atoms with Gasteiger partial charge in [-0.1, -0.05) is 13.3 Å². The summed E-state index contributed by atoms with van der Waals surface area (Å²) in [5, 5.41) is 5.57. The molecule has 0 radical (unpaired) electrons. The number of nitrogens with zero attached hydrogens (tertiary/aromatic N) is 2. The lowest BCUT2D eigenvalue weighted by Gasteiger charge is -2.14. The van der Waals surface area contributed by atoms with E-state index in [1.807, 2.05) is 0 Å². The Balaban J connectivity index is 1.58. The number of hydrogen-bond acceptors (Lipinski definition) is 4. The molecule has 0 aliphatic carbocycles. The Bertz CT molecular complexity index is 741. The van der Waals surface area contributed by atoms with E-state index in [-0.39, 0.29) is 11.9 Å². The molecule has 2 N–H and O–H groups in total. The van der Waals surface area contributed by atoms with Gasteiger partial charge in [-0.2, -0.15) is 0 Å². The number of rotatable bonds is 7. The van der Waals surface area contributed by atoms with E-state index >= 15 is 0 Å². The highest BCUT2D eigenvalue weighted by atomic mass is 16.3. The zero-order valence-corrected chi connectivity index (χ0v) is 13.8. The minimum Gasteiger partial charge on any atom is -0.441 e. The summed E-state index contributed by atoms with van der Waals surface area (Å²) in [6.45, 7) is 4.39. The molecule has 0 bridgehead atoms. The molecule has 1 saturated heterocycles. The van der Waals surface area contributed by atoms with Crippen molar-refractivity contribution in [2.24, 2.45) is 0 Å². The molecule has 7 heteroatoms. The molecule has 1 fully saturated rings. The third-order valence-corrected chi connectivity index (χ3v) is 4.05. The Kier molecular flexibility index (Phi) is 4.98. The number of carbonyl (C=O) groups excluding carboxylic acids is 2. The van der Waals surface area contributed by atoms with Crippen molar-refractivity contribution in [1.82, 2.24) is 20.5 Å². The van der Waals surface area contributed by atoms with Crippen LogP contribution in [-0.4, -0.2) is 48.0 Å². The Morgan fingerprint density at radius 2 is 2.33 bits per heavy atom. The highest BCUT2D eigenvalue weighted by molar-refractivity contribution is 5.97. The molecule has 0 unspecified atom stereocenters. The predicted molar refractivity (Wildman–Crippen MR) is 89.9 cm³/mol. The standard InChI is InChI=1S/C17H22N4O3/c1-2-3-4-15-20-13-11-12(5-6-14(13)24-15)16(22)18-7-9-21-10-8-19-17(21)23/h5-6,11H,2-4,7-10H2,1H3,(H,18,22)(H,19,23). The van der Waals surface area contributed by atoms with Crippen LogP contribution >= 0.6 is 0 Å². The van der Waals surface area contributed by atoms with Crippen molar-refractivity contribution in [1.29, 1.82) is 0 Å². The Morgan fingerprint density at radius 1 is 1.46 bits per heavy atom. The summed E-state index contributed by atoms with van der Waals surface area (Å²) >= 11 is 0. The Hall–Kier alpha value is -2.57. The van der Waals surface area contributed by atoms with Gasteiger partial charge < -0.3 is 20.0 Å². The maximum absolute atomic E-state index is 12.2. The maximum atomic E-state index is 12.2. The molecular weight excluding hydrogens is 308 g/mol. The van der Waals surface area contributed by atoms with E-state index in [0.29, 0.717) is 48.7 Å². The predicted octanol–water partition coefficient (Wildman–Crippen LogP) is 1.93. The maximum Gasteiger partial charge on any atom is 0.317 e. The van der Waals surface area contributed by atoms with Gasteiger partial charge in [0.1, 0.15) is 5.52 Å². The molecule has 0 spiro atoms. The molecule has 1 aliphatic heterocycles. The summed E-state index contributed by atoms with van der Waals surface area (Å²) in [4.78, 5) is 29.8. The van der Waals surface area contributed by atoms with Crippen LogP contribution < -0.4 is 10.6 Å². The number of fused-ring (bicyclic) bond motifs is 1. The monoisotopic (exact) mass is 330 g/mol. The zero-order valence-electron chi connectivity index (χ0n) is 13.8. The third kappa shape index (κ3) is 3.67. The Morgan fingerprint density at radius 3 is 3.08 bits per heavy atom. The second kappa shape index (κ2) is 7.33. The molecule has 0 saturated carbocycles. The van der Waals surface area contributed by atoms with Gasteiger partial charge >= 0.3 is 6.03 Å². The fourth-order valence-corrected chi connectivity index (χ4v) is 2.68. The summed E-state index contributed by atoms with van der Waals surface area (Å²) in [6.07, 6.45) is 2.93. The van der Waals surface area contributed by atoms with Gasteiger partial charge in [0.25, 0.3) is 5.91 Å². The van der Waals surface area contributed by atoms with Gasteiger partial charge in [-0.3, -0.25) is 4.79 Å². The van der Waals surface area contributed by atoms with Crippen LogP contribution in [0.3, 0.4) is 0 Å². The molecule has 24 heavy (non-hydrogen) atoms. The first-order chi connectivity index (χ1) is 11.7. The number of amides is 3. The largest absolute Gasteiger partial charge is 0.441 e. The molecule has 3 amide bonds. The molecule has 1 aliphatic rings. The van der Waals surface area contributed by atoms with Gasteiger partial charge in [-0.25, -0.2) is 9.78 Å². The molecule has 7 nitrogen and oxygen atoms in total. The van der Waals surface area contributed by atoms with Crippen LogP contribution in [0.1, 0.15) is 36.0 Å². The average Bonchev–Trinajstić information content (AvgIpc) is 3.18. The molecule has 2 aromatic rings. The van der Waals surface area contributed by atoms with Gasteiger partial charge in [0.05, 0.1) is 0 Å². The van der Waals surface area contributed by atoms with Crippen molar-refractivity contribution < 1.29 is 14.0 Å². The van der Waals surface area contributed by atoms with Crippen molar-refractivity contribution in [2.75, 3.05) is 26.2 Å². The lowest BCUT2D eigenvalue weighted by Crippen LogP contribution is -2.36. The van der Waals surface area contributed by atoms with E-state index < -0.39 is 0 Å². The number of aromatic nitrogens is 1. The molecule has 2 heterocycles. The third-order valence-electron chi connectivity index (χ3n) is 4.05. The second-order valence-electron chi connectivity index (χ2n) is 5.87. The summed E-state index contributed by atoms with van der Waals surface area (Å²) < 4.78 is 5.67. The van der Waals surface area contributed by atoms with E-state index in [0.717, 1.165) is 19.3 Å². The van der Waals surface area contributed by atoms with E-state index in [2.05, 4.69) is 22.5 Å². The van der Waals surface area contributed by atoms with Crippen LogP contribution in [-0.2, 0) is 6.42 Å². The van der Waals surface area contributed by atoms with Gasteiger partial charge in [0.15, 0.2) is 11.5 Å². The summed E-state index contributed by atoms with van der Waals surface area (Å²) in [5.41, 5.74) is 1.95. The lowest BCUT2D eigenvalue weighted by atomic mass is 10.2. The van der Waals surface area contributed by atoms with E-state index in [9.17, 15) is 9.59 Å². The number of hydrogen-bond donors (Lipinski definition) is 2. The number of oxazole rings is 1. The van der Waals surface area contributed by atoms with Crippen LogP contribution in [0.15, 0.2) is 22.6 Å². The van der Waals surface area contributed by atoms with Crippen LogP contribution in [0, 0.1) is 0 Å². The van der Waals surface area contributed by atoms with E-state index in [4.69, 9.17) is 4.42 Å². The first-order valence-corrected chi connectivity index (χ1v) is 8.38. The number of urea groups is 1. The molecule has 1 aromatic heterocycles. The smallest absolute Gasteiger partial charge is 0.317 e. The second-order valence-corrected chi connectivity index (χ2v) is 5.87. The fraction of sp³-hybridized carbons (Fsp3) is 0.471. The van der Waals surface area contributed by atoms with Crippen LogP contribution in [0.2, 0.25) is 0 Å².